The lowest BCUT2D eigenvalue weighted by Crippen LogP contribution is -2.16. The average molecular weight is 352 g/mol. The largest absolute Gasteiger partial charge is 0.317 e. The van der Waals surface area contributed by atoms with E-state index in [4.69, 9.17) is 0 Å². The Balaban J connectivity index is 1.87. The maximum atomic E-state index is 12.3. The molecule has 0 atom stereocenters. The van der Waals surface area contributed by atoms with E-state index in [9.17, 15) is 4.79 Å². The van der Waals surface area contributed by atoms with Gasteiger partial charge in [-0.1, -0.05) is 47.7 Å². The summed E-state index contributed by atoms with van der Waals surface area (Å²) in [6.45, 7) is 2.88. The first-order valence-corrected chi connectivity index (χ1v) is 9.57. The first-order chi connectivity index (χ1) is 11.8. The fourth-order valence-corrected chi connectivity index (χ4v) is 4.84. The molecule has 0 bridgehead atoms. The fraction of sp³-hybridized carbons (Fsp3) is 0.158. The Hall–Kier alpha value is -2.24. The Morgan fingerprint density at radius 2 is 2.00 bits per heavy atom. The molecule has 5 heteroatoms. The van der Waals surface area contributed by atoms with Crippen LogP contribution in [0.2, 0.25) is 0 Å². The van der Waals surface area contributed by atoms with Crippen LogP contribution in [0.1, 0.15) is 11.8 Å². The van der Waals surface area contributed by atoms with Crippen molar-refractivity contribution in [2.24, 2.45) is 4.99 Å². The third-order valence-corrected chi connectivity index (χ3v) is 6.02. The van der Waals surface area contributed by atoms with Gasteiger partial charge in [0, 0.05) is 16.8 Å². The minimum absolute atomic E-state index is 0.0875. The van der Waals surface area contributed by atoms with E-state index in [1.54, 1.807) is 22.7 Å². The van der Waals surface area contributed by atoms with Crippen LogP contribution in [0.25, 0.3) is 21.0 Å². The molecule has 0 aliphatic rings. The number of fused-ring (bicyclic) bond motifs is 3. The maximum Gasteiger partial charge on any atom is 0.253 e. The highest BCUT2D eigenvalue weighted by atomic mass is 32.1. The monoisotopic (exact) mass is 352 g/mol. The molecule has 24 heavy (non-hydrogen) atoms. The number of carbonyl (C=O) groups excluding carboxylic acids is 1. The molecule has 0 N–H and O–H groups in total. The van der Waals surface area contributed by atoms with Crippen molar-refractivity contribution in [3.05, 3.63) is 63.6 Å². The van der Waals surface area contributed by atoms with E-state index in [0.29, 0.717) is 6.42 Å². The van der Waals surface area contributed by atoms with E-state index in [1.165, 1.54) is 15.5 Å². The van der Waals surface area contributed by atoms with Gasteiger partial charge >= 0.3 is 0 Å². The minimum atomic E-state index is -0.0875. The number of aromatic nitrogens is 1. The molecular weight excluding hydrogens is 336 g/mol. The summed E-state index contributed by atoms with van der Waals surface area (Å²) in [6.07, 6.45) is 0.371. The molecule has 4 rings (SSSR count). The third-order valence-electron chi connectivity index (χ3n) is 4.02. The molecule has 2 heterocycles. The number of hydrogen-bond donors (Lipinski definition) is 0. The van der Waals surface area contributed by atoms with E-state index in [-0.39, 0.29) is 5.91 Å². The highest BCUT2D eigenvalue weighted by Crippen LogP contribution is 2.27. The van der Waals surface area contributed by atoms with Crippen molar-refractivity contribution in [1.29, 1.82) is 0 Å². The number of thiophene rings is 1. The van der Waals surface area contributed by atoms with E-state index >= 15 is 0 Å². The normalized spacial score (nSPS) is 12.3. The van der Waals surface area contributed by atoms with E-state index in [0.717, 1.165) is 21.7 Å². The second-order valence-corrected chi connectivity index (χ2v) is 7.54. The molecule has 0 aliphatic carbocycles. The molecule has 1 amide bonds. The lowest BCUT2D eigenvalue weighted by atomic mass is 10.1. The van der Waals surface area contributed by atoms with Crippen LogP contribution in [0, 0.1) is 0 Å². The van der Waals surface area contributed by atoms with Gasteiger partial charge in [0.05, 0.1) is 16.6 Å². The van der Waals surface area contributed by atoms with Crippen molar-refractivity contribution in [2.75, 3.05) is 0 Å². The topological polar surface area (TPSA) is 34.4 Å². The smallest absolute Gasteiger partial charge is 0.253 e. The van der Waals surface area contributed by atoms with Gasteiger partial charge < -0.3 is 4.57 Å². The number of thiazole rings is 1. The van der Waals surface area contributed by atoms with E-state index < -0.39 is 0 Å². The summed E-state index contributed by atoms with van der Waals surface area (Å²) in [5, 5.41) is 4.42. The molecule has 3 nitrogen and oxygen atoms in total. The number of hydrogen-bond acceptors (Lipinski definition) is 3. The zero-order valence-electron chi connectivity index (χ0n) is 13.2. The molecule has 2 aromatic heterocycles. The average Bonchev–Trinajstić information content (AvgIpc) is 3.21. The quantitative estimate of drug-likeness (QED) is 0.530. The van der Waals surface area contributed by atoms with Gasteiger partial charge in [0.1, 0.15) is 0 Å². The number of nitrogens with zero attached hydrogens (tertiary/aromatic N) is 2. The highest BCUT2D eigenvalue weighted by molar-refractivity contribution is 7.17. The van der Waals surface area contributed by atoms with Crippen molar-refractivity contribution in [3.63, 3.8) is 0 Å². The van der Waals surface area contributed by atoms with Crippen molar-refractivity contribution in [2.45, 2.75) is 19.9 Å². The second-order valence-electron chi connectivity index (χ2n) is 5.53. The van der Waals surface area contributed by atoms with E-state index in [1.807, 2.05) is 23.6 Å². The van der Waals surface area contributed by atoms with Crippen LogP contribution < -0.4 is 4.80 Å². The molecule has 120 valence electrons. The molecule has 0 aliphatic heterocycles. The molecule has 0 saturated carbocycles. The van der Waals surface area contributed by atoms with E-state index in [2.05, 4.69) is 46.8 Å². The number of aryl methyl sites for hydroxylation is 1. The summed E-state index contributed by atoms with van der Waals surface area (Å²) in [5.41, 5.74) is 1.14. The standard InChI is InChI=1S/C19H16N2OS2/c1-2-21-16-10-9-13-6-3-4-8-15(13)18(16)24-19(21)20-17(22)12-14-7-5-11-23-14/h3-11H,2,12H2,1H3. The van der Waals surface area contributed by atoms with Gasteiger partial charge in [0.2, 0.25) is 0 Å². The molecule has 0 spiro atoms. The minimum Gasteiger partial charge on any atom is -0.317 e. The Morgan fingerprint density at radius 1 is 1.12 bits per heavy atom. The molecule has 0 radical (unpaired) electrons. The summed E-state index contributed by atoms with van der Waals surface area (Å²) in [7, 11) is 0. The number of benzene rings is 2. The lowest BCUT2D eigenvalue weighted by molar-refractivity contribution is -0.117. The SMILES string of the molecule is CCn1c(=NC(=O)Cc2cccs2)sc2c3ccccc3ccc21. The first-order valence-electron chi connectivity index (χ1n) is 7.87. The van der Waals surface area contributed by atoms with Crippen molar-refractivity contribution >= 4 is 49.6 Å². The van der Waals surface area contributed by atoms with Crippen molar-refractivity contribution in [3.8, 4) is 0 Å². The van der Waals surface area contributed by atoms with Gasteiger partial charge in [0.15, 0.2) is 4.80 Å². The predicted molar refractivity (Wildman–Crippen MR) is 102 cm³/mol. The zero-order valence-corrected chi connectivity index (χ0v) is 14.9. The Kier molecular flexibility index (Phi) is 4.04. The van der Waals surface area contributed by atoms with Crippen molar-refractivity contribution in [1.82, 2.24) is 4.57 Å². The maximum absolute atomic E-state index is 12.3. The molecule has 0 fully saturated rings. The summed E-state index contributed by atoms with van der Waals surface area (Å²) in [5.74, 6) is -0.0875. The number of rotatable bonds is 3. The number of amides is 1. The first kappa shape index (κ1) is 15.3. The van der Waals surface area contributed by atoms with Gasteiger partial charge in [-0.25, -0.2) is 0 Å². The summed E-state index contributed by atoms with van der Waals surface area (Å²) < 4.78 is 3.32. The molecular formula is C19H16N2OS2. The Morgan fingerprint density at radius 3 is 2.79 bits per heavy atom. The Bertz CT molecular complexity index is 1090. The molecule has 0 unspecified atom stereocenters. The van der Waals surface area contributed by atoms with Gasteiger partial charge in [-0.3, -0.25) is 4.79 Å². The lowest BCUT2D eigenvalue weighted by Gasteiger charge is -2.02. The van der Waals surface area contributed by atoms with Crippen LogP contribution in [0.15, 0.2) is 58.9 Å². The Labute approximate surface area is 147 Å². The molecule has 4 aromatic rings. The van der Waals surface area contributed by atoms with Crippen molar-refractivity contribution < 1.29 is 4.79 Å². The third kappa shape index (κ3) is 2.70. The molecule has 2 aromatic carbocycles. The van der Waals surface area contributed by atoms with Gasteiger partial charge in [0.25, 0.3) is 5.91 Å². The summed E-state index contributed by atoms with van der Waals surface area (Å²) >= 11 is 3.19. The van der Waals surface area contributed by atoms with Gasteiger partial charge in [-0.2, -0.15) is 4.99 Å². The van der Waals surface area contributed by atoms with Crippen LogP contribution in [-0.2, 0) is 17.8 Å². The number of carbonyl (C=O) groups is 1. The summed E-state index contributed by atoms with van der Waals surface area (Å²) in [6, 6.07) is 16.5. The van der Waals surface area contributed by atoms with Crippen LogP contribution in [0.3, 0.4) is 0 Å². The van der Waals surface area contributed by atoms with Crippen LogP contribution in [0.5, 0.6) is 0 Å². The van der Waals surface area contributed by atoms with Crippen LogP contribution in [-0.4, -0.2) is 10.5 Å². The van der Waals surface area contributed by atoms with Gasteiger partial charge in [-0.15, -0.1) is 11.3 Å². The van der Waals surface area contributed by atoms with Gasteiger partial charge in [-0.05, 0) is 29.8 Å². The fourth-order valence-electron chi connectivity index (χ4n) is 2.90. The molecule has 0 saturated heterocycles. The van der Waals surface area contributed by atoms with Crippen LogP contribution >= 0.6 is 22.7 Å². The highest BCUT2D eigenvalue weighted by Gasteiger charge is 2.10. The predicted octanol–water partition coefficient (Wildman–Crippen LogP) is 4.61. The summed E-state index contributed by atoms with van der Waals surface area (Å²) in [4.78, 5) is 18.6. The second kappa shape index (κ2) is 6.34. The van der Waals surface area contributed by atoms with Crippen LogP contribution in [0.4, 0.5) is 0 Å². The zero-order chi connectivity index (χ0) is 16.5.